The number of carbonyl (C=O) groups is 1. The highest BCUT2D eigenvalue weighted by atomic mass is 35.5. The Morgan fingerprint density at radius 1 is 1.19 bits per heavy atom. The lowest BCUT2D eigenvalue weighted by molar-refractivity contribution is -0.115. The van der Waals surface area contributed by atoms with E-state index in [1.54, 1.807) is 20.3 Å². The second-order valence-corrected chi connectivity index (χ2v) is 6.83. The molecule has 0 aliphatic rings. The van der Waals surface area contributed by atoms with Crippen molar-refractivity contribution in [2.75, 3.05) is 19.5 Å². The van der Waals surface area contributed by atoms with Crippen LogP contribution in [-0.4, -0.2) is 25.1 Å². The van der Waals surface area contributed by atoms with Crippen LogP contribution in [0.15, 0.2) is 41.8 Å². The standard InChI is InChI=1S/C19H16ClFN2O3S/c1-25-16-6-3-11(7-17(16)26-2)19-23-13(10-27-19)9-18(24)22-12-4-5-15(21)14(20)8-12/h3-8,10H,9H2,1-2H3,(H,22,24). The first-order valence-electron chi connectivity index (χ1n) is 7.92. The highest BCUT2D eigenvalue weighted by Gasteiger charge is 2.12. The minimum Gasteiger partial charge on any atom is -0.493 e. The Hall–Kier alpha value is -2.64. The zero-order chi connectivity index (χ0) is 19.4. The maximum Gasteiger partial charge on any atom is 0.230 e. The molecule has 1 N–H and O–H groups in total. The van der Waals surface area contributed by atoms with Crippen LogP contribution in [0.2, 0.25) is 5.02 Å². The molecule has 0 aliphatic carbocycles. The normalized spacial score (nSPS) is 10.5. The summed E-state index contributed by atoms with van der Waals surface area (Å²) in [5.74, 6) is 0.448. The third-order valence-electron chi connectivity index (χ3n) is 3.73. The van der Waals surface area contributed by atoms with Crippen molar-refractivity contribution in [2.45, 2.75) is 6.42 Å². The molecule has 140 valence electrons. The number of anilines is 1. The highest BCUT2D eigenvalue weighted by molar-refractivity contribution is 7.13. The van der Waals surface area contributed by atoms with E-state index >= 15 is 0 Å². The minimum atomic E-state index is -0.534. The molecule has 0 aliphatic heterocycles. The van der Waals surface area contributed by atoms with Crippen LogP contribution in [0.3, 0.4) is 0 Å². The van der Waals surface area contributed by atoms with Gasteiger partial charge in [-0.15, -0.1) is 11.3 Å². The number of halogens is 2. The second kappa shape index (κ2) is 8.37. The Morgan fingerprint density at radius 3 is 2.67 bits per heavy atom. The molecule has 0 atom stereocenters. The number of nitrogens with zero attached hydrogens (tertiary/aromatic N) is 1. The minimum absolute atomic E-state index is 0.0443. The molecule has 1 heterocycles. The van der Waals surface area contributed by atoms with Gasteiger partial charge in [0.1, 0.15) is 10.8 Å². The molecule has 1 amide bonds. The fourth-order valence-electron chi connectivity index (χ4n) is 2.43. The van der Waals surface area contributed by atoms with Crippen LogP contribution in [0, 0.1) is 5.82 Å². The van der Waals surface area contributed by atoms with Crippen LogP contribution >= 0.6 is 22.9 Å². The van der Waals surface area contributed by atoms with E-state index in [1.165, 1.54) is 29.5 Å². The molecular weight excluding hydrogens is 391 g/mol. The van der Waals surface area contributed by atoms with Crippen molar-refractivity contribution >= 4 is 34.5 Å². The maximum absolute atomic E-state index is 13.2. The zero-order valence-electron chi connectivity index (χ0n) is 14.6. The van der Waals surface area contributed by atoms with E-state index < -0.39 is 5.82 Å². The van der Waals surface area contributed by atoms with E-state index in [0.717, 1.165) is 10.6 Å². The van der Waals surface area contributed by atoms with Crippen LogP contribution in [0.1, 0.15) is 5.69 Å². The Bertz CT molecular complexity index is 977. The molecular formula is C19H16ClFN2O3S. The monoisotopic (exact) mass is 406 g/mol. The van der Waals surface area contributed by atoms with E-state index in [2.05, 4.69) is 10.3 Å². The largest absolute Gasteiger partial charge is 0.493 e. The molecule has 3 aromatic rings. The second-order valence-electron chi connectivity index (χ2n) is 5.57. The average Bonchev–Trinajstić information content (AvgIpc) is 3.12. The fraction of sp³-hybridized carbons (Fsp3) is 0.158. The first-order chi connectivity index (χ1) is 13.0. The lowest BCUT2D eigenvalue weighted by Gasteiger charge is -2.08. The molecule has 1 aromatic heterocycles. The van der Waals surface area contributed by atoms with Gasteiger partial charge in [0.05, 0.1) is 31.4 Å². The van der Waals surface area contributed by atoms with Crippen LogP contribution in [0.25, 0.3) is 10.6 Å². The summed E-state index contributed by atoms with van der Waals surface area (Å²) in [4.78, 5) is 16.7. The molecule has 0 saturated carbocycles. The molecule has 3 rings (SSSR count). The number of hydrogen-bond acceptors (Lipinski definition) is 5. The van der Waals surface area contributed by atoms with Gasteiger partial charge < -0.3 is 14.8 Å². The Labute approximate surface area is 164 Å². The van der Waals surface area contributed by atoms with Crippen molar-refractivity contribution in [3.63, 3.8) is 0 Å². The summed E-state index contributed by atoms with van der Waals surface area (Å²) < 4.78 is 23.7. The first-order valence-corrected chi connectivity index (χ1v) is 9.17. The summed E-state index contributed by atoms with van der Waals surface area (Å²) in [6.45, 7) is 0. The van der Waals surface area contributed by atoms with Gasteiger partial charge in [0.2, 0.25) is 5.91 Å². The molecule has 0 bridgehead atoms. The quantitative estimate of drug-likeness (QED) is 0.638. The SMILES string of the molecule is COc1ccc(-c2nc(CC(=O)Nc3ccc(F)c(Cl)c3)cs2)cc1OC. The Morgan fingerprint density at radius 2 is 1.96 bits per heavy atom. The molecule has 0 unspecified atom stereocenters. The van der Waals surface area contributed by atoms with Crippen molar-refractivity contribution in [1.82, 2.24) is 4.98 Å². The molecule has 0 radical (unpaired) electrons. The molecule has 0 fully saturated rings. The molecule has 0 spiro atoms. The lowest BCUT2D eigenvalue weighted by Crippen LogP contribution is -2.14. The van der Waals surface area contributed by atoms with Gasteiger partial charge in [-0.2, -0.15) is 0 Å². The fourth-order valence-corrected chi connectivity index (χ4v) is 3.43. The Kier molecular flexibility index (Phi) is 5.93. The first kappa shape index (κ1) is 19.1. The van der Waals surface area contributed by atoms with Crippen LogP contribution in [0.5, 0.6) is 11.5 Å². The summed E-state index contributed by atoms with van der Waals surface area (Å²) in [6, 6.07) is 9.54. The van der Waals surface area contributed by atoms with E-state index in [1.807, 2.05) is 17.5 Å². The number of thiazole rings is 1. The van der Waals surface area contributed by atoms with Gasteiger partial charge in [0.15, 0.2) is 11.5 Å². The van der Waals surface area contributed by atoms with Gasteiger partial charge >= 0.3 is 0 Å². The molecule has 8 heteroatoms. The van der Waals surface area contributed by atoms with Gasteiger partial charge in [-0.3, -0.25) is 4.79 Å². The van der Waals surface area contributed by atoms with Crippen molar-refractivity contribution in [3.05, 3.63) is 58.3 Å². The molecule has 5 nitrogen and oxygen atoms in total. The van der Waals surface area contributed by atoms with E-state index in [-0.39, 0.29) is 17.4 Å². The van der Waals surface area contributed by atoms with Crippen LogP contribution in [-0.2, 0) is 11.2 Å². The van der Waals surface area contributed by atoms with Crippen molar-refractivity contribution in [1.29, 1.82) is 0 Å². The summed E-state index contributed by atoms with van der Waals surface area (Å²) >= 11 is 7.15. The molecule has 2 aromatic carbocycles. The summed E-state index contributed by atoms with van der Waals surface area (Å²) in [5.41, 5.74) is 1.94. The van der Waals surface area contributed by atoms with E-state index in [9.17, 15) is 9.18 Å². The van der Waals surface area contributed by atoms with Crippen molar-refractivity contribution < 1.29 is 18.7 Å². The maximum atomic E-state index is 13.2. The van der Waals surface area contributed by atoms with Gasteiger partial charge in [-0.05, 0) is 36.4 Å². The predicted molar refractivity (Wildman–Crippen MR) is 104 cm³/mol. The third-order valence-corrected chi connectivity index (χ3v) is 4.96. The van der Waals surface area contributed by atoms with Crippen molar-refractivity contribution in [3.8, 4) is 22.1 Å². The van der Waals surface area contributed by atoms with Crippen LogP contribution in [0.4, 0.5) is 10.1 Å². The number of aromatic nitrogens is 1. The smallest absolute Gasteiger partial charge is 0.230 e. The number of hydrogen-bond donors (Lipinski definition) is 1. The lowest BCUT2D eigenvalue weighted by atomic mass is 10.2. The van der Waals surface area contributed by atoms with Crippen molar-refractivity contribution in [2.24, 2.45) is 0 Å². The highest BCUT2D eigenvalue weighted by Crippen LogP contribution is 2.33. The van der Waals surface area contributed by atoms with Gasteiger partial charge in [-0.25, -0.2) is 9.37 Å². The number of methoxy groups -OCH3 is 2. The number of amides is 1. The molecule has 27 heavy (non-hydrogen) atoms. The zero-order valence-corrected chi connectivity index (χ0v) is 16.2. The summed E-state index contributed by atoms with van der Waals surface area (Å²) in [5, 5.41) is 5.22. The number of carbonyl (C=O) groups excluding carboxylic acids is 1. The number of nitrogens with one attached hydrogen (secondary N) is 1. The number of benzene rings is 2. The van der Waals surface area contributed by atoms with Crippen LogP contribution < -0.4 is 14.8 Å². The third kappa shape index (κ3) is 4.56. The topological polar surface area (TPSA) is 60.5 Å². The summed E-state index contributed by atoms with van der Waals surface area (Å²) in [7, 11) is 3.15. The average molecular weight is 407 g/mol. The van der Waals surface area contributed by atoms with Gasteiger partial charge in [0, 0.05) is 16.6 Å². The van der Waals surface area contributed by atoms with Gasteiger partial charge in [-0.1, -0.05) is 11.6 Å². The number of rotatable bonds is 6. The molecule has 0 saturated heterocycles. The van der Waals surface area contributed by atoms with Gasteiger partial charge in [0.25, 0.3) is 0 Å². The Balaban J connectivity index is 1.70. The van der Waals surface area contributed by atoms with E-state index in [4.69, 9.17) is 21.1 Å². The number of ether oxygens (including phenoxy) is 2. The summed E-state index contributed by atoms with van der Waals surface area (Å²) in [6.07, 6.45) is 0.0960. The van der Waals surface area contributed by atoms with E-state index in [0.29, 0.717) is 22.9 Å². The predicted octanol–water partition coefficient (Wildman–Crippen LogP) is 4.80.